The highest BCUT2D eigenvalue weighted by molar-refractivity contribution is 6.29. The van der Waals surface area contributed by atoms with E-state index < -0.39 is 0 Å². The third kappa shape index (κ3) is 3.32. The topological polar surface area (TPSA) is 76.5 Å². The van der Waals surface area contributed by atoms with E-state index in [9.17, 15) is 0 Å². The molecule has 2 aliphatic rings. The van der Waals surface area contributed by atoms with Crippen molar-refractivity contribution < 1.29 is 9.47 Å². The highest BCUT2D eigenvalue weighted by Crippen LogP contribution is 2.34. The monoisotopic (exact) mass is 412 g/mol. The maximum atomic E-state index is 6.30. The molecule has 2 aromatic heterocycles. The molecule has 0 unspecified atom stereocenters. The van der Waals surface area contributed by atoms with Crippen LogP contribution in [0.4, 0.5) is 11.6 Å². The molecule has 1 fully saturated rings. The fourth-order valence-electron chi connectivity index (χ4n) is 4.07. The smallest absolute Gasteiger partial charge is 0.225 e. The predicted molar refractivity (Wildman–Crippen MR) is 111 cm³/mol. The zero-order valence-electron chi connectivity index (χ0n) is 16.1. The van der Waals surface area contributed by atoms with Crippen molar-refractivity contribution in [3.05, 3.63) is 40.9 Å². The summed E-state index contributed by atoms with van der Waals surface area (Å²) in [6.45, 7) is 4.36. The Bertz CT molecular complexity index is 1060. The Balaban J connectivity index is 1.56. The molecule has 0 bridgehead atoms. The Hall–Kier alpha value is -2.71. The molecule has 1 aromatic carbocycles. The SMILES string of the molecule is COc1cccc2c1CCN(c1ncnc3c(N4CCOCC4)nc(Cl)nc13)C2. The number of hydrogen-bond acceptors (Lipinski definition) is 8. The van der Waals surface area contributed by atoms with Crippen LogP contribution in [0.15, 0.2) is 24.5 Å². The Labute approximate surface area is 173 Å². The van der Waals surface area contributed by atoms with Gasteiger partial charge >= 0.3 is 0 Å². The number of methoxy groups -OCH3 is 1. The number of halogens is 1. The van der Waals surface area contributed by atoms with Gasteiger partial charge in [0.25, 0.3) is 0 Å². The summed E-state index contributed by atoms with van der Waals surface area (Å²) in [4.78, 5) is 22.4. The fourth-order valence-corrected chi connectivity index (χ4v) is 4.23. The third-order valence-corrected chi connectivity index (χ3v) is 5.64. The minimum Gasteiger partial charge on any atom is -0.496 e. The number of anilines is 2. The Morgan fingerprint density at radius 2 is 1.86 bits per heavy atom. The number of aromatic nitrogens is 4. The summed E-state index contributed by atoms with van der Waals surface area (Å²) in [6, 6.07) is 6.17. The van der Waals surface area contributed by atoms with E-state index in [2.05, 4.69) is 35.8 Å². The lowest BCUT2D eigenvalue weighted by Gasteiger charge is -2.31. The van der Waals surface area contributed by atoms with Crippen LogP contribution in [-0.2, 0) is 17.7 Å². The van der Waals surface area contributed by atoms with Crippen LogP contribution < -0.4 is 14.5 Å². The van der Waals surface area contributed by atoms with Crippen LogP contribution >= 0.6 is 11.6 Å². The van der Waals surface area contributed by atoms with E-state index in [-0.39, 0.29) is 5.28 Å². The summed E-state index contributed by atoms with van der Waals surface area (Å²) in [7, 11) is 1.71. The lowest BCUT2D eigenvalue weighted by molar-refractivity contribution is 0.122. The van der Waals surface area contributed by atoms with Gasteiger partial charge in [-0.3, -0.25) is 0 Å². The molecule has 1 saturated heterocycles. The molecule has 5 rings (SSSR count). The van der Waals surface area contributed by atoms with Gasteiger partial charge in [0, 0.05) is 31.7 Å². The van der Waals surface area contributed by atoms with E-state index in [0.717, 1.165) is 55.5 Å². The highest BCUT2D eigenvalue weighted by atomic mass is 35.5. The Morgan fingerprint density at radius 3 is 2.69 bits per heavy atom. The molecule has 0 aliphatic carbocycles. The average molecular weight is 413 g/mol. The van der Waals surface area contributed by atoms with Crippen molar-refractivity contribution in [2.24, 2.45) is 0 Å². The summed E-state index contributed by atoms with van der Waals surface area (Å²) >= 11 is 6.30. The first-order chi connectivity index (χ1) is 14.2. The number of rotatable bonds is 3. The Morgan fingerprint density at radius 1 is 1.00 bits per heavy atom. The quantitative estimate of drug-likeness (QED) is 0.607. The molecular weight excluding hydrogens is 392 g/mol. The number of ether oxygens (including phenoxy) is 2. The van der Waals surface area contributed by atoms with Crippen molar-refractivity contribution in [2.75, 3.05) is 49.8 Å². The first-order valence-electron chi connectivity index (χ1n) is 9.65. The molecule has 0 N–H and O–H groups in total. The zero-order chi connectivity index (χ0) is 19.8. The largest absolute Gasteiger partial charge is 0.496 e. The molecule has 29 heavy (non-hydrogen) atoms. The maximum absolute atomic E-state index is 6.30. The molecule has 2 aliphatic heterocycles. The Kier molecular flexibility index (Phi) is 4.81. The van der Waals surface area contributed by atoms with Crippen molar-refractivity contribution in [3.8, 4) is 5.75 Å². The fraction of sp³-hybridized carbons (Fsp3) is 0.400. The molecule has 0 amide bonds. The predicted octanol–water partition coefficient (Wildman–Crippen LogP) is 2.48. The van der Waals surface area contributed by atoms with Crippen LogP contribution in [0.25, 0.3) is 11.0 Å². The lowest BCUT2D eigenvalue weighted by atomic mass is 9.98. The van der Waals surface area contributed by atoms with Crippen molar-refractivity contribution in [1.82, 2.24) is 19.9 Å². The minimum absolute atomic E-state index is 0.203. The molecule has 150 valence electrons. The van der Waals surface area contributed by atoms with E-state index in [4.69, 9.17) is 21.1 Å². The second-order valence-electron chi connectivity index (χ2n) is 7.08. The van der Waals surface area contributed by atoms with Crippen LogP contribution in [0.1, 0.15) is 11.1 Å². The normalized spacial score (nSPS) is 16.8. The van der Waals surface area contributed by atoms with Crippen LogP contribution in [0.3, 0.4) is 0 Å². The van der Waals surface area contributed by atoms with Crippen molar-refractivity contribution in [3.63, 3.8) is 0 Å². The molecule has 4 heterocycles. The number of nitrogens with zero attached hydrogens (tertiary/aromatic N) is 6. The lowest BCUT2D eigenvalue weighted by Crippen LogP contribution is -2.37. The maximum Gasteiger partial charge on any atom is 0.225 e. The van der Waals surface area contributed by atoms with Crippen LogP contribution in [0.2, 0.25) is 5.28 Å². The second kappa shape index (κ2) is 7.61. The molecule has 0 radical (unpaired) electrons. The van der Waals surface area contributed by atoms with E-state index in [1.54, 1.807) is 13.4 Å². The van der Waals surface area contributed by atoms with Gasteiger partial charge in [0.15, 0.2) is 11.6 Å². The van der Waals surface area contributed by atoms with E-state index in [0.29, 0.717) is 18.7 Å². The summed E-state index contributed by atoms with van der Waals surface area (Å²) in [5.74, 6) is 2.46. The molecule has 3 aromatic rings. The molecule has 0 spiro atoms. The van der Waals surface area contributed by atoms with E-state index in [1.165, 1.54) is 11.1 Å². The second-order valence-corrected chi connectivity index (χ2v) is 7.42. The van der Waals surface area contributed by atoms with Crippen LogP contribution in [0, 0.1) is 0 Å². The van der Waals surface area contributed by atoms with Gasteiger partial charge < -0.3 is 19.3 Å². The molecular formula is C20H21ClN6O2. The van der Waals surface area contributed by atoms with Gasteiger partial charge in [0.2, 0.25) is 5.28 Å². The summed E-state index contributed by atoms with van der Waals surface area (Å²) < 4.78 is 11.0. The van der Waals surface area contributed by atoms with Gasteiger partial charge in [-0.15, -0.1) is 0 Å². The average Bonchev–Trinajstić information content (AvgIpc) is 2.78. The van der Waals surface area contributed by atoms with Crippen LogP contribution in [0.5, 0.6) is 5.75 Å². The van der Waals surface area contributed by atoms with Crippen molar-refractivity contribution in [2.45, 2.75) is 13.0 Å². The summed E-state index contributed by atoms with van der Waals surface area (Å²) in [6.07, 6.45) is 2.46. The van der Waals surface area contributed by atoms with Gasteiger partial charge in [-0.2, -0.15) is 4.98 Å². The van der Waals surface area contributed by atoms with Gasteiger partial charge in [-0.25, -0.2) is 15.0 Å². The standard InChI is InChI=1S/C20H21ClN6O2/c1-28-15-4-2-3-13-11-27(6-5-14(13)15)18-17-16(22-12-23-18)19(25-20(21)24-17)26-7-9-29-10-8-26/h2-4,12H,5-11H2,1H3. The number of benzene rings is 1. The zero-order valence-corrected chi connectivity index (χ0v) is 16.9. The van der Waals surface area contributed by atoms with Crippen molar-refractivity contribution in [1.29, 1.82) is 0 Å². The van der Waals surface area contributed by atoms with Crippen molar-refractivity contribution >= 4 is 34.3 Å². The first-order valence-corrected chi connectivity index (χ1v) is 10.0. The summed E-state index contributed by atoms with van der Waals surface area (Å²) in [5.41, 5.74) is 3.89. The molecule has 9 heteroatoms. The van der Waals surface area contributed by atoms with E-state index >= 15 is 0 Å². The molecule has 0 atom stereocenters. The number of hydrogen-bond donors (Lipinski definition) is 0. The number of morpholine rings is 1. The van der Waals surface area contributed by atoms with Gasteiger partial charge in [-0.1, -0.05) is 12.1 Å². The highest BCUT2D eigenvalue weighted by Gasteiger charge is 2.25. The minimum atomic E-state index is 0.203. The number of fused-ring (bicyclic) bond motifs is 2. The van der Waals surface area contributed by atoms with E-state index in [1.807, 2.05) is 12.1 Å². The molecule has 8 nitrogen and oxygen atoms in total. The van der Waals surface area contributed by atoms with Gasteiger partial charge in [0.1, 0.15) is 23.1 Å². The molecule has 0 saturated carbocycles. The van der Waals surface area contributed by atoms with Crippen LogP contribution in [-0.4, -0.2) is 59.9 Å². The van der Waals surface area contributed by atoms with Gasteiger partial charge in [-0.05, 0) is 29.7 Å². The van der Waals surface area contributed by atoms with Gasteiger partial charge in [0.05, 0.1) is 20.3 Å². The first kappa shape index (κ1) is 18.3. The summed E-state index contributed by atoms with van der Waals surface area (Å²) in [5, 5.41) is 0.203. The third-order valence-electron chi connectivity index (χ3n) is 5.47.